The lowest BCUT2D eigenvalue weighted by atomic mass is 9.79. The van der Waals surface area contributed by atoms with Gasteiger partial charge in [0, 0.05) is 0 Å². The highest BCUT2D eigenvalue weighted by Gasteiger charge is 2.43. The molecular weight excluding hydrogens is 230 g/mol. The van der Waals surface area contributed by atoms with Crippen molar-refractivity contribution in [1.29, 1.82) is 5.26 Å². The zero-order chi connectivity index (χ0) is 12.3. The molecule has 0 amide bonds. The van der Waals surface area contributed by atoms with Crippen molar-refractivity contribution in [2.45, 2.75) is 25.4 Å². The van der Waals surface area contributed by atoms with Crippen LogP contribution in [0.1, 0.15) is 17.5 Å². The van der Waals surface area contributed by atoms with Gasteiger partial charge in [-0.2, -0.15) is 17.0 Å². The topological polar surface area (TPSA) is 44.0 Å². The summed E-state index contributed by atoms with van der Waals surface area (Å²) in [7, 11) is 0. The third kappa shape index (κ3) is 2.34. The van der Waals surface area contributed by atoms with E-state index >= 15 is 0 Å². The number of nitrogens with zero attached hydrogens (tertiary/aromatic N) is 1. The zero-order valence-corrected chi connectivity index (χ0v) is 10.8. The molecule has 0 aromatic heterocycles. The van der Waals surface area contributed by atoms with Crippen LogP contribution in [-0.4, -0.2) is 23.2 Å². The van der Waals surface area contributed by atoms with Crippen LogP contribution in [0.2, 0.25) is 0 Å². The summed E-state index contributed by atoms with van der Waals surface area (Å²) in [6.07, 6.45) is 3.58. The first-order valence-electron chi connectivity index (χ1n) is 5.87. The van der Waals surface area contributed by atoms with Crippen LogP contribution in [0.3, 0.4) is 0 Å². The molecule has 0 spiro atoms. The maximum atomic E-state index is 10.3. The minimum Gasteiger partial charge on any atom is -0.391 e. The van der Waals surface area contributed by atoms with Gasteiger partial charge in [0.15, 0.2) is 0 Å². The molecule has 0 bridgehead atoms. The van der Waals surface area contributed by atoms with Gasteiger partial charge in [0.1, 0.15) is 0 Å². The molecule has 1 aromatic carbocycles. The Hall–Kier alpha value is -0.980. The van der Waals surface area contributed by atoms with Crippen molar-refractivity contribution >= 4 is 11.8 Å². The molecular formula is C14H17NOS. The second-order valence-electron chi connectivity index (χ2n) is 4.69. The number of rotatable bonds is 4. The van der Waals surface area contributed by atoms with Crippen molar-refractivity contribution in [2.75, 3.05) is 12.0 Å². The van der Waals surface area contributed by atoms with Crippen molar-refractivity contribution in [3.63, 3.8) is 0 Å². The summed E-state index contributed by atoms with van der Waals surface area (Å²) in [5.74, 6) is 0.904. The SMILES string of the molecule is CSCCC(O)C1(C#N)Cc2ccccc2C1. The molecule has 2 nitrogen and oxygen atoms in total. The normalized spacial score (nSPS) is 18.4. The Labute approximate surface area is 107 Å². The molecule has 1 aromatic rings. The fourth-order valence-electron chi connectivity index (χ4n) is 2.54. The summed E-state index contributed by atoms with van der Waals surface area (Å²) >= 11 is 1.71. The lowest BCUT2D eigenvalue weighted by molar-refractivity contribution is 0.0675. The van der Waals surface area contributed by atoms with Crippen molar-refractivity contribution in [3.05, 3.63) is 35.4 Å². The Kier molecular flexibility index (Phi) is 3.76. The van der Waals surface area contributed by atoms with Gasteiger partial charge in [0.25, 0.3) is 0 Å². The molecule has 3 heteroatoms. The Morgan fingerprint density at radius 2 is 2.00 bits per heavy atom. The van der Waals surface area contributed by atoms with Crippen molar-refractivity contribution < 1.29 is 5.11 Å². The molecule has 0 saturated heterocycles. The molecule has 1 N–H and O–H groups in total. The Morgan fingerprint density at radius 3 is 2.47 bits per heavy atom. The fraction of sp³-hybridized carbons (Fsp3) is 0.500. The highest BCUT2D eigenvalue weighted by Crippen LogP contribution is 2.40. The Balaban J connectivity index is 2.18. The second kappa shape index (κ2) is 5.12. The van der Waals surface area contributed by atoms with Crippen molar-refractivity contribution in [3.8, 4) is 6.07 Å². The number of benzene rings is 1. The minimum absolute atomic E-state index is 0.521. The average molecular weight is 247 g/mol. The molecule has 0 aliphatic heterocycles. The summed E-state index contributed by atoms with van der Waals surface area (Å²) in [5.41, 5.74) is 1.84. The molecule has 2 rings (SSSR count). The number of hydrogen-bond acceptors (Lipinski definition) is 3. The predicted octanol–water partition coefficient (Wildman–Crippen LogP) is 2.41. The van der Waals surface area contributed by atoms with Crippen LogP contribution in [-0.2, 0) is 12.8 Å². The van der Waals surface area contributed by atoms with E-state index in [0.717, 1.165) is 5.75 Å². The molecule has 1 atom stereocenters. The molecule has 1 aliphatic rings. The number of thioether (sulfide) groups is 1. The second-order valence-corrected chi connectivity index (χ2v) is 5.67. The molecule has 0 radical (unpaired) electrons. The number of aliphatic hydroxyl groups excluding tert-OH is 1. The monoisotopic (exact) mass is 247 g/mol. The summed E-state index contributed by atoms with van der Waals surface area (Å²) in [6.45, 7) is 0. The standard InChI is InChI=1S/C14H17NOS/c1-17-7-6-13(16)14(10-15)8-11-4-2-3-5-12(11)9-14/h2-5,13,16H,6-9H2,1H3. The smallest absolute Gasteiger partial charge is 0.0912 e. The molecule has 0 fully saturated rings. The van der Waals surface area contributed by atoms with Gasteiger partial charge < -0.3 is 5.11 Å². The molecule has 0 saturated carbocycles. The quantitative estimate of drug-likeness (QED) is 0.888. The van der Waals surface area contributed by atoms with Gasteiger partial charge in [0.05, 0.1) is 17.6 Å². The Bertz CT molecular complexity index is 413. The number of aliphatic hydroxyl groups is 1. The van der Waals surface area contributed by atoms with Crippen LogP contribution < -0.4 is 0 Å². The largest absolute Gasteiger partial charge is 0.391 e. The maximum absolute atomic E-state index is 10.3. The lowest BCUT2D eigenvalue weighted by Gasteiger charge is -2.26. The molecule has 17 heavy (non-hydrogen) atoms. The lowest BCUT2D eigenvalue weighted by Crippen LogP contribution is -2.35. The van der Waals surface area contributed by atoms with E-state index in [-0.39, 0.29) is 0 Å². The van der Waals surface area contributed by atoms with E-state index in [1.165, 1.54) is 11.1 Å². The summed E-state index contributed by atoms with van der Waals surface area (Å²) < 4.78 is 0. The number of nitriles is 1. The van der Waals surface area contributed by atoms with E-state index in [0.29, 0.717) is 19.3 Å². The molecule has 1 aliphatic carbocycles. The van der Waals surface area contributed by atoms with Crippen LogP contribution >= 0.6 is 11.8 Å². The third-order valence-electron chi connectivity index (χ3n) is 3.59. The van der Waals surface area contributed by atoms with Gasteiger partial charge in [-0.3, -0.25) is 0 Å². The van der Waals surface area contributed by atoms with E-state index in [1.807, 2.05) is 18.4 Å². The van der Waals surface area contributed by atoms with E-state index in [1.54, 1.807) is 11.8 Å². The first-order valence-corrected chi connectivity index (χ1v) is 7.26. The first-order chi connectivity index (χ1) is 8.22. The highest BCUT2D eigenvalue weighted by molar-refractivity contribution is 7.98. The van der Waals surface area contributed by atoms with Crippen LogP contribution in [0, 0.1) is 16.7 Å². The average Bonchev–Trinajstić information content (AvgIpc) is 2.75. The number of hydrogen-bond donors (Lipinski definition) is 1. The van der Waals surface area contributed by atoms with Crippen LogP contribution in [0.5, 0.6) is 0 Å². The maximum Gasteiger partial charge on any atom is 0.0912 e. The minimum atomic E-state index is -0.598. The van der Waals surface area contributed by atoms with Gasteiger partial charge in [0.2, 0.25) is 0 Å². The van der Waals surface area contributed by atoms with Crippen molar-refractivity contribution in [2.24, 2.45) is 5.41 Å². The van der Waals surface area contributed by atoms with Crippen molar-refractivity contribution in [1.82, 2.24) is 0 Å². The number of fused-ring (bicyclic) bond motifs is 1. The van der Waals surface area contributed by atoms with E-state index in [4.69, 9.17) is 0 Å². The van der Waals surface area contributed by atoms with Crippen LogP contribution in [0.15, 0.2) is 24.3 Å². The van der Waals surface area contributed by atoms with Gasteiger partial charge >= 0.3 is 0 Å². The summed E-state index contributed by atoms with van der Waals surface area (Å²) in [6, 6.07) is 10.5. The van der Waals surface area contributed by atoms with Gasteiger partial charge in [-0.15, -0.1) is 0 Å². The Morgan fingerprint density at radius 1 is 1.41 bits per heavy atom. The highest BCUT2D eigenvalue weighted by atomic mass is 32.2. The summed E-state index contributed by atoms with van der Waals surface area (Å²) in [5, 5.41) is 19.7. The molecule has 0 heterocycles. The van der Waals surface area contributed by atoms with Gasteiger partial charge in [-0.25, -0.2) is 0 Å². The van der Waals surface area contributed by atoms with E-state index in [9.17, 15) is 10.4 Å². The molecule has 1 unspecified atom stereocenters. The van der Waals surface area contributed by atoms with Crippen LogP contribution in [0.25, 0.3) is 0 Å². The zero-order valence-electron chi connectivity index (χ0n) is 10.0. The van der Waals surface area contributed by atoms with Gasteiger partial charge in [-0.1, -0.05) is 24.3 Å². The molecule has 90 valence electrons. The van der Waals surface area contributed by atoms with Crippen LogP contribution in [0.4, 0.5) is 0 Å². The fourth-order valence-corrected chi connectivity index (χ4v) is 3.00. The first kappa shape index (κ1) is 12.5. The van der Waals surface area contributed by atoms with Gasteiger partial charge in [-0.05, 0) is 42.4 Å². The van der Waals surface area contributed by atoms with E-state index < -0.39 is 11.5 Å². The third-order valence-corrected chi connectivity index (χ3v) is 4.23. The van der Waals surface area contributed by atoms with E-state index in [2.05, 4.69) is 18.2 Å². The summed E-state index contributed by atoms with van der Waals surface area (Å²) in [4.78, 5) is 0. The predicted molar refractivity (Wildman–Crippen MR) is 70.9 cm³/mol.